The highest BCUT2D eigenvalue weighted by molar-refractivity contribution is 6.30. The van der Waals surface area contributed by atoms with Gasteiger partial charge in [0, 0.05) is 18.3 Å². The van der Waals surface area contributed by atoms with Gasteiger partial charge < -0.3 is 11.1 Å². The number of amides is 1. The van der Waals surface area contributed by atoms with Crippen molar-refractivity contribution in [3.63, 3.8) is 0 Å². The average Bonchev–Trinajstić information content (AvgIpc) is 2.18. The summed E-state index contributed by atoms with van der Waals surface area (Å²) in [6, 6.07) is 3.20. The number of nitrogens with zero attached hydrogens (tertiary/aromatic N) is 1. The van der Waals surface area contributed by atoms with Crippen LogP contribution < -0.4 is 11.1 Å². The molecule has 0 radical (unpaired) electrons. The van der Waals surface area contributed by atoms with Gasteiger partial charge in [0.2, 0.25) is 0 Å². The topological polar surface area (TPSA) is 68.0 Å². The zero-order valence-electron chi connectivity index (χ0n) is 9.57. The summed E-state index contributed by atoms with van der Waals surface area (Å²) in [6.07, 6.45) is 1.44. The monoisotopic (exact) mass is 299 g/mol. The van der Waals surface area contributed by atoms with Crippen molar-refractivity contribution >= 4 is 42.3 Å². The molecular formula is C10H16Cl3N3O. The first-order chi connectivity index (χ1) is 6.94. The largest absolute Gasteiger partial charge is 0.345 e. The number of hydrogen-bond donors (Lipinski definition) is 2. The summed E-state index contributed by atoms with van der Waals surface area (Å²) in [4.78, 5) is 15.6. The summed E-state index contributed by atoms with van der Waals surface area (Å²) in [6.45, 7) is 4.06. The van der Waals surface area contributed by atoms with E-state index in [2.05, 4.69) is 10.3 Å². The third-order valence-electron chi connectivity index (χ3n) is 1.92. The number of pyridine rings is 1. The Morgan fingerprint density at radius 2 is 2.06 bits per heavy atom. The van der Waals surface area contributed by atoms with Crippen LogP contribution in [0.1, 0.15) is 24.3 Å². The molecule has 1 heterocycles. The second-order valence-electron chi connectivity index (χ2n) is 3.90. The Morgan fingerprint density at radius 3 is 2.47 bits per heavy atom. The van der Waals surface area contributed by atoms with Crippen molar-refractivity contribution < 1.29 is 4.79 Å². The van der Waals surface area contributed by atoms with Gasteiger partial charge in [0.05, 0.1) is 5.02 Å². The summed E-state index contributed by atoms with van der Waals surface area (Å²) in [5, 5.41) is 3.28. The van der Waals surface area contributed by atoms with Crippen molar-refractivity contribution in [3.05, 3.63) is 29.0 Å². The number of nitrogens with two attached hydrogens (primary N) is 1. The molecule has 0 unspecified atom stereocenters. The van der Waals surface area contributed by atoms with Crippen LogP contribution >= 0.6 is 36.4 Å². The van der Waals surface area contributed by atoms with E-state index in [9.17, 15) is 4.79 Å². The van der Waals surface area contributed by atoms with Gasteiger partial charge in [0.15, 0.2) is 0 Å². The van der Waals surface area contributed by atoms with Crippen LogP contribution in [0.5, 0.6) is 0 Å². The van der Waals surface area contributed by atoms with E-state index in [4.69, 9.17) is 17.3 Å². The van der Waals surface area contributed by atoms with Crippen molar-refractivity contribution in [3.8, 4) is 0 Å². The van der Waals surface area contributed by atoms with E-state index >= 15 is 0 Å². The van der Waals surface area contributed by atoms with Crippen molar-refractivity contribution in [2.75, 3.05) is 6.54 Å². The van der Waals surface area contributed by atoms with Gasteiger partial charge in [-0.05, 0) is 26.0 Å². The van der Waals surface area contributed by atoms with Crippen LogP contribution in [-0.2, 0) is 0 Å². The first-order valence-electron chi connectivity index (χ1n) is 4.59. The van der Waals surface area contributed by atoms with Crippen LogP contribution in [0.4, 0.5) is 0 Å². The van der Waals surface area contributed by atoms with Gasteiger partial charge in [-0.25, -0.2) is 4.98 Å². The van der Waals surface area contributed by atoms with Crippen LogP contribution in [-0.4, -0.2) is 23.0 Å². The lowest BCUT2D eigenvalue weighted by molar-refractivity contribution is 0.0910. The van der Waals surface area contributed by atoms with Gasteiger partial charge in [-0.2, -0.15) is 0 Å². The highest BCUT2D eigenvalue weighted by atomic mass is 35.5. The van der Waals surface area contributed by atoms with Crippen molar-refractivity contribution in [1.82, 2.24) is 10.3 Å². The summed E-state index contributed by atoms with van der Waals surface area (Å²) in [5.74, 6) is -0.248. The minimum Gasteiger partial charge on any atom is -0.345 e. The fourth-order valence-electron chi connectivity index (χ4n) is 0.933. The molecule has 0 spiro atoms. The Kier molecular flexibility index (Phi) is 8.53. The summed E-state index contributed by atoms with van der Waals surface area (Å²) < 4.78 is 0. The number of nitrogens with one attached hydrogen (secondary N) is 1. The van der Waals surface area contributed by atoms with E-state index in [1.54, 1.807) is 12.1 Å². The molecule has 98 valence electrons. The van der Waals surface area contributed by atoms with Gasteiger partial charge in [0.25, 0.3) is 5.91 Å². The van der Waals surface area contributed by atoms with Gasteiger partial charge in [-0.15, -0.1) is 24.8 Å². The fraction of sp³-hybridized carbons (Fsp3) is 0.400. The van der Waals surface area contributed by atoms with Crippen LogP contribution in [0.15, 0.2) is 18.3 Å². The van der Waals surface area contributed by atoms with E-state index < -0.39 is 5.54 Å². The second-order valence-corrected chi connectivity index (χ2v) is 4.34. The normalized spacial score (nSPS) is 9.88. The first kappa shape index (κ1) is 18.8. The van der Waals surface area contributed by atoms with E-state index in [0.29, 0.717) is 17.3 Å². The Hall–Kier alpha value is -0.550. The molecule has 0 aliphatic rings. The molecule has 1 rings (SSSR count). The highest BCUT2D eigenvalue weighted by Gasteiger charge is 2.19. The van der Waals surface area contributed by atoms with E-state index in [0.717, 1.165) is 0 Å². The van der Waals surface area contributed by atoms with Crippen LogP contribution in [0, 0.1) is 0 Å². The van der Waals surface area contributed by atoms with E-state index in [1.807, 2.05) is 13.8 Å². The van der Waals surface area contributed by atoms with Gasteiger partial charge in [-0.1, -0.05) is 11.6 Å². The molecule has 7 heteroatoms. The molecule has 0 aliphatic carbocycles. The maximum absolute atomic E-state index is 11.7. The molecule has 0 saturated heterocycles. The Bertz CT molecular complexity index is 354. The van der Waals surface area contributed by atoms with E-state index in [1.165, 1.54) is 6.20 Å². The minimum absolute atomic E-state index is 0. The van der Waals surface area contributed by atoms with Gasteiger partial charge in [-0.3, -0.25) is 4.79 Å². The Balaban J connectivity index is 0. The second kappa shape index (κ2) is 7.71. The number of rotatable bonds is 3. The maximum atomic E-state index is 11.7. The quantitative estimate of drug-likeness (QED) is 0.897. The molecule has 0 saturated carbocycles. The lowest BCUT2D eigenvalue weighted by atomic mass is 10.1. The third-order valence-corrected chi connectivity index (χ3v) is 2.15. The lowest BCUT2D eigenvalue weighted by Crippen LogP contribution is -2.49. The minimum atomic E-state index is -0.432. The zero-order chi connectivity index (χ0) is 11.5. The summed E-state index contributed by atoms with van der Waals surface area (Å²) in [7, 11) is 0. The summed E-state index contributed by atoms with van der Waals surface area (Å²) in [5.41, 5.74) is 5.40. The molecule has 1 aromatic rings. The molecule has 0 aromatic carbocycles. The Labute approximate surface area is 118 Å². The van der Waals surface area contributed by atoms with Crippen molar-refractivity contribution in [2.24, 2.45) is 5.73 Å². The van der Waals surface area contributed by atoms with E-state index in [-0.39, 0.29) is 30.7 Å². The zero-order valence-corrected chi connectivity index (χ0v) is 12.0. The smallest absolute Gasteiger partial charge is 0.270 e. The molecular weight excluding hydrogens is 284 g/mol. The van der Waals surface area contributed by atoms with Crippen molar-refractivity contribution in [1.29, 1.82) is 0 Å². The van der Waals surface area contributed by atoms with Crippen LogP contribution in [0.2, 0.25) is 5.02 Å². The predicted molar refractivity (Wildman–Crippen MR) is 74.3 cm³/mol. The molecule has 0 bridgehead atoms. The molecule has 0 aliphatic heterocycles. The first-order valence-corrected chi connectivity index (χ1v) is 4.96. The molecule has 1 aromatic heterocycles. The summed E-state index contributed by atoms with van der Waals surface area (Å²) >= 11 is 5.66. The molecule has 3 N–H and O–H groups in total. The SMILES string of the molecule is CC(C)(CN)NC(=O)c1ccc(Cl)cn1.Cl.Cl. The molecule has 17 heavy (non-hydrogen) atoms. The van der Waals surface area contributed by atoms with Crippen LogP contribution in [0.25, 0.3) is 0 Å². The number of aromatic nitrogens is 1. The third kappa shape index (κ3) is 6.07. The Morgan fingerprint density at radius 1 is 1.47 bits per heavy atom. The molecule has 1 amide bonds. The highest BCUT2D eigenvalue weighted by Crippen LogP contribution is 2.07. The standard InChI is InChI=1S/C10H14ClN3O.2ClH/c1-10(2,6-12)14-9(15)8-4-3-7(11)5-13-8;;/h3-5H,6,12H2,1-2H3,(H,14,15);2*1H. The maximum Gasteiger partial charge on any atom is 0.270 e. The number of carbonyl (C=O) groups is 1. The van der Waals surface area contributed by atoms with Gasteiger partial charge in [0.1, 0.15) is 5.69 Å². The molecule has 0 fully saturated rings. The van der Waals surface area contributed by atoms with Crippen LogP contribution in [0.3, 0.4) is 0 Å². The fourth-order valence-corrected chi connectivity index (χ4v) is 1.04. The number of halogens is 3. The lowest BCUT2D eigenvalue weighted by Gasteiger charge is -2.23. The van der Waals surface area contributed by atoms with Gasteiger partial charge >= 0.3 is 0 Å². The molecule has 4 nitrogen and oxygen atoms in total. The average molecular weight is 301 g/mol. The number of carbonyl (C=O) groups excluding carboxylic acids is 1. The predicted octanol–water partition coefficient (Wildman–Crippen LogP) is 2.05. The molecule has 0 atom stereocenters. The van der Waals surface area contributed by atoms with Crippen molar-refractivity contribution in [2.45, 2.75) is 19.4 Å². The number of hydrogen-bond acceptors (Lipinski definition) is 3.